The quantitative estimate of drug-likeness (QED) is 0.778. The summed E-state index contributed by atoms with van der Waals surface area (Å²) in [5.41, 5.74) is 0.218. The Balaban J connectivity index is 2.15. The Hall–Kier alpha value is -1.53. The van der Waals surface area contributed by atoms with E-state index in [1.165, 1.54) is 7.11 Å². The fourth-order valence-electron chi connectivity index (χ4n) is 2.06. The molecule has 104 valence electrons. The van der Waals surface area contributed by atoms with Gasteiger partial charge in [0.2, 0.25) is 0 Å². The van der Waals surface area contributed by atoms with E-state index in [1.54, 1.807) is 4.90 Å². The minimum atomic E-state index is -0.582. The van der Waals surface area contributed by atoms with Gasteiger partial charge in [-0.2, -0.15) is 0 Å². The Kier molecular flexibility index (Phi) is 4.44. The molecule has 4 nitrogen and oxygen atoms in total. The molecule has 1 aromatic carbocycles. The highest BCUT2D eigenvalue weighted by Gasteiger charge is 2.30. The van der Waals surface area contributed by atoms with Crippen LogP contribution in [0.2, 0.25) is 0 Å². The zero-order valence-corrected chi connectivity index (χ0v) is 10.6. The van der Waals surface area contributed by atoms with Crippen molar-refractivity contribution in [3.05, 3.63) is 35.4 Å². The Labute approximate surface area is 109 Å². The number of halogens is 2. The van der Waals surface area contributed by atoms with Gasteiger partial charge in [0, 0.05) is 18.7 Å². The Morgan fingerprint density at radius 2 is 2.32 bits per heavy atom. The van der Waals surface area contributed by atoms with Gasteiger partial charge in [-0.25, -0.2) is 8.78 Å². The first-order valence-electron chi connectivity index (χ1n) is 5.95. The summed E-state index contributed by atoms with van der Waals surface area (Å²) in [5, 5.41) is 0. The molecular formula is C13H15F2NO3. The van der Waals surface area contributed by atoms with Crippen molar-refractivity contribution in [3.63, 3.8) is 0 Å². The van der Waals surface area contributed by atoms with Crippen molar-refractivity contribution < 1.29 is 23.0 Å². The highest BCUT2D eigenvalue weighted by atomic mass is 19.1. The van der Waals surface area contributed by atoms with Crippen LogP contribution in [0.1, 0.15) is 5.56 Å². The number of benzene rings is 1. The first kappa shape index (κ1) is 13.9. The molecule has 1 aliphatic rings. The van der Waals surface area contributed by atoms with Gasteiger partial charge in [0.1, 0.15) is 17.7 Å². The van der Waals surface area contributed by atoms with Gasteiger partial charge in [-0.05, 0) is 18.2 Å². The monoisotopic (exact) mass is 271 g/mol. The van der Waals surface area contributed by atoms with Crippen molar-refractivity contribution in [2.45, 2.75) is 12.6 Å². The van der Waals surface area contributed by atoms with Crippen molar-refractivity contribution in [2.24, 2.45) is 0 Å². The third-order valence-corrected chi connectivity index (χ3v) is 3.09. The van der Waals surface area contributed by atoms with Crippen LogP contribution < -0.4 is 0 Å². The van der Waals surface area contributed by atoms with E-state index in [1.807, 2.05) is 0 Å². The number of rotatable bonds is 3. The predicted octanol–water partition coefficient (Wildman–Crippen LogP) is 1.34. The van der Waals surface area contributed by atoms with Crippen LogP contribution in [0.4, 0.5) is 8.78 Å². The third kappa shape index (κ3) is 3.27. The maximum Gasteiger partial charge on any atom is 0.325 e. The maximum absolute atomic E-state index is 13.6. The van der Waals surface area contributed by atoms with Gasteiger partial charge in [0.25, 0.3) is 0 Å². The van der Waals surface area contributed by atoms with E-state index in [9.17, 15) is 13.6 Å². The lowest BCUT2D eigenvalue weighted by molar-refractivity contribution is -0.153. The summed E-state index contributed by atoms with van der Waals surface area (Å²) < 4.78 is 36.6. The number of methoxy groups -OCH3 is 1. The average molecular weight is 271 g/mol. The van der Waals surface area contributed by atoms with Gasteiger partial charge in [0.05, 0.1) is 20.3 Å². The van der Waals surface area contributed by atoms with Crippen molar-refractivity contribution in [3.8, 4) is 0 Å². The summed E-state index contributed by atoms with van der Waals surface area (Å²) in [6, 6.07) is 2.70. The Bertz CT molecular complexity index is 467. The standard InChI is InChI=1S/C13H15F2NO3/c1-18-13(17)12-8-19-5-4-16(12)7-9-6-10(14)2-3-11(9)15/h2-3,6,12H,4-5,7-8H2,1H3. The summed E-state index contributed by atoms with van der Waals surface area (Å²) in [5.74, 6) is -1.42. The van der Waals surface area contributed by atoms with Crippen LogP contribution in [0.15, 0.2) is 18.2 Å². The van der Waals surface area contributed by atoms with Gasteiger partial charge < -0.3 is 9.47 Å². The third-order valence-electron chi connectivity index (χ3n) is 3.09. The summed E-state index contributed by atoms with van der Waals surface area (Å²) in [7, 11) is 1.29. The fourth-order valence-corrected chi connectivity index (χ4v) is 2.06. The lowest BCUT2D eigenvalue weighted by Crippen LogP contribution is -2.49. The molecule has 1 saturated heterocycles. The smallest absolute Gasteiger partial charge is 0.325 e. The lowest BCUT2D eigenvalue weighted by atomic mass is 10.1. The maximum atomic E-state index is 13.6. The number of nitrogens with zero attached hydrogens (tertiary/aromatic N) is 1. The van der Waals surface area contributed by atoms with Crippen molar-refractivity contribution in [1.29, 1.82) is 0 Å². The molecule has 1 aromatic rings. The van der Waals surface area contributed by atoms with Crippen LogP contribution in [0.5, 0.6) is 0 Å². The van der Waals surface area contributed by atoms with Crippen LogP contribution in [0, 0.1) is 11.6 Å². The molecular weight excluding hydrogens is 256 g/mol. The zero-order chi connectivity index (χ0) is 13.8. The highest BCUT2D eigenvalue weighted by Crippen LogP contribution is 2.17. The summed E-state index contributed by atoms with van der Waals surface area (Å²) in [6.07, 6.45) is 0. The van der Waals surface area contributed by atoms with Gasteiger partial charge in [-0.3, -0.25) is 9.69 Å². The Morgan fingerprint density at radius 3 is 3.05 bits per heavy atom. The summed E-state index contributed by atoms with van der Waals surface area (Å²) in [4.78, 5) is 13.3. The van der Waals surface area contributed by atoms with E-state index in [-0.39, 0.29) is 18.7 Å². The van der Waals surface area contributed by atoms with E-state index >= 15 is 0 Å². The topological polar surface area (TPSA) is 38.8 Å². The second-order valence-electron chi connectivity index (χ2n) is 4.32. The van der Waals surface area contributed by atoms with Crippen LogP contribution in [-0.4, -0.2) is 43.8 Å². The van der Waals surface area contributed by atoms with Crippen molar-refractivity contribution in [1.82, 2.24) is 4.90 Å². The minimum Gasteiger partial charge on any atom is -0.468 e. The van der Waals surface area contributed by atoms with Crippen molar-refractivity contribution in [2.75, 3.05) is 26.9 Å². The molecule has 19 heavy (non-hydrogen) atoms. The molecule has 2 rings (SSSR count). The highest BCUT2D eigenvalue weighted by molar-refractivity contribution is 5.75. The molecule has 0 spiro atoms. The summed E-state index contributed by atoms with van der Waals surface area (Å²) >= 11 is 0. The average Bonchev–Trinajstić information content (AvgIpc) is 2.42. The van der Waals surface area contributed by atoms with Gasteiger partial charge >= 0.3 is 5.97 Å². The second kappa shape index (κ2) is 6.08. The number of morpholine rings is 1. The molecule has 1 unspecified atom stereocenters. The number of esters is 1. The van der Waals surface area contributed by atoms with Crippen LogP contribution in [0.3, 0.4) is 0 Å². The van der Waals surface area contributed by atoms with Crippen molar-refractivity contribution >= 4 is 5.97 Å². The molecule has 1 heterocycles. The number of ether oxygens (including phenoxy) is 2. The number of carbonyl (C=O) groups excluding carboxylic acids is 1. The van der Waals surface area contributed by atoms with Crippen LogP contribution >= 0.6 is 0 Å². The number of carbonyl (C=O) groups is 1. The van der Waals surface area contributed by atoms with Gasteiger partial charge in [0.15, 0.2) is 0 Å². The van der Waals surface area contributed by atoms with E-state index in [4.69, 9.17) is 4.74 Å². The minimum absolute atomic E-state index is 0.146. The molecule has 0 amide bonds. The molecule has 1 atom stereocenters. The largest absolute Gasteiger partial charge is 0.468 e. The fraction of sp³-hybridized carbons (Fsp3) is 0.462. The van der Waals surface area contributed by atoms with E-state index < -0.39 is 23.6 Å². The molecule has 0 N–H and O–H groups in total. The Morgan fingerprint density at radius 1 is 1.53 bits per heavy atom. The van der Waals surface area contributed by atoms with Gasteiger partial charge in [-0.15, -0.1) is 0 Å². The number of hydrogen-bond acceptors (Lipinski definition) is 4. The predicted molar refractivity (Wildman–Crippen MR) is 63.4 cm³/mol. The zero-order valence-electron chi connectivity index (χ0n) is 10.6. The molecule has 0 aromatic heterocycles. The van der Waals surface area contributed by atoms with Gasteiger partial charge in [-0.1, -0.05) is 0 Å². The molecule has 0 bridgehead atoms. The normalized spacial score (nSPS) is 20.3. The second-order valence-corrected chi connectivity index (χ2v) is 4.32. The molecule has 6 heteroatoms. The lowest BCUT2D eigenvalue weighted by Gasteiger charge is -2.33. The van der Waals surface area contributed by atoms with Crippen LogP contribution in [-0.2, 0) is 20.8 Å². The molecule has 0 aliphatic carbocycles. The van der Waals surface area contributed by atoms with E-state index in [0.29, 0.717) is 13.2 Å². The van der Waals surface area contributed by atoms with E-state index in [2.05, 4.69) is 4.74 Å². The van der Waals surface area contributed by atoms with Crippen LogP contribution in [0.25, 0.3) is 0 Å². The molecule has 0 saturated carbocycles. The molecule has 1 aliphatic heterocycles. The number of hydrogen-bond donors (Lipinski definition) is 0. The molecule has 0 radical (unpaired) electrons. The summed E-state index contributed by atoms with van der Waals surface area (Å²) in [6.45, 7) is 1.26. The SMILES string of the molecule is COC(=O)C1COCCN1Cc1cc(F)ccc1F. The molecule has 1 fully saturated rings. The first-order chi connectivity index (χ1) is 9.11. The van der Waals surface area contributed by atoms with E-state index in [0.717, 1.165) is 18.2 Å². The first-order valence-corrected chi connectivity index (χ1v) is 5.95.